The number of anilines is 1. The second kappa shape index (κ2) is 4.19. The van der Waals surface area contributed by atoms with Crippen molar-refractivity contribution in [3.63, 3.8) is 0 Å². The number of hydrogen-bond acceptors (Lipinski definition) is 3. The van der Waals surface area contributed by atoms with Crippen molar-refractivity contribution in [1.29, 1.82) is 0 Å². The maximum atomic E-state index is 12.6. The zero-order chi connectivity index (χ0) is 11.7. The van der Waals surface area contributed by atoms with E-state index in [1.54, 1.807) is 18.2 Å². The molecule has 0 aliphatic carbocycles. The zero-order valence-electron chi connectivity index (χ0n) is 8.05. The Morgan fingerprint density at radius 1 is 1.38 bits per heavy atom. The number of benzene rings is 1. The summed E-state index contributed by atoms with van der Waals surface area (Å²) in [4.78, 5) is 3.81. The third-order valence-electron chi connectivity index (χ3n) is 2.19. The molecule has 1 heterocycles. The van der Waals surface area contributed by atoms with Crippen LogP contribution >= 0.6 is 11.6 Å². The second-order valence-corrected chi connectivity index (χ2v) is 3.58. The van der Waals surface area contributed by atoms with E-state index in [0.717, 1.165) is 0 Å². The van der Waals surface area contributed by atoms with Crippen LogP contribution in [0.15, 0.2) is 24.3 Å². The van der Waals surface area contributed by atoms with Gasteiger partial charge >= 0.3 is 0 Å². The second-order valence-electron chi connectivity index (χ2n) is 3.18. The number of halogens is 3. The molecule has 2 rings (SSSR count). The Labute approximate surface area is 95.2 Å². The van der Waals surface area contributed by atoms with Crippen molar-refractivity contribution in [2.75, 3.05) is 5.43 Å². The van der Waals surface area contributed by atoms with Crippen molar-refractivity contribution < 1.29 is 8.78 Å². The van der Waals surface area contributed by atoms with Crippen molar-refractivity contribution in [2.45, 2.75) is 6.43 Å². The first-order valence-corrected chi connectivity index (χ1v) is 4.85. The van der Waals surface area contributed by atoms with Gasteiger partial charge in [-0.25, -0.2) is 13.8 Å². The Balaban J connectivity index is 2.79. The Morgan fingerprint density at radius 2 is 2.12 bits per heavy atom. The van der Waals surface area contributed by atoms with Crippen LogP contribution in [-0.4, -0.2) is 4.98 Å². The van der Waals surface area contributed by atoms with Crippen LogP contribution < -0.4 is 11.3 Å². The molecular weight excluding hydrogens is 236 g/mol. The van der Waals surface area contributed by atoms with Gasteiger partial charge in [0.15, 0.2) is 0 Å². The van der Waals surface area contributed by atoms with Crippen LogP contribution in [0.4, 0.5) is 14.5 Å². The number of nitrogens with two attached hydrogens (primary N) is 1. The van der Waals surface area contributed by atoms with Gasteiger partial charge in [-0.3, -0.25) is 5.84 Å². The summed E-state index contributed by atoms with van der Waals surface area (Å²) < 4.78 is 25.1. The molecule has 1 aromatic heterocycles. The highest BCUT2D eigenvalue weighted by atomic mass is 35.5. The fraction of sp³-hybridized carbons (Fsp3) is 0.100. The third-order valence-corrected chi connectivity index (χ3v) is 2.49. The van der Waals surface area contributed by atoms with Gasteiger partial charge in [-0.1, -0.05) is 23.7 Å². The number of aromatic nitrogens is 1. The zero-order valence-corrected chi connectivity index (χ0v) is 8.80. The molecule has 6 heteroatoms. The molecule has 1 aromatic carbocycles. The van der Waals surface area contributed by atoms with Gasteiger partial charge in [0.25, 0.3) is 6.43 Å². The van der Waals surface area contributed by atoms with E-state index >= 15 is 0 Å². The van der Waals surface area contributed by atoms with Crippen LogP contribution in [0.2, 0.25) is 5.02 Å². The lowest BCUT2D eigenvalue weighted by Gasteiger charge is -2.09. The Hall–Kier alpha value is -1.46. The number of fused-ring (bicyclic) bond motifs is 1. The summed E-state index contributed by atoms with van der Waals surface area (Å²) in [5, 5.41) is 0.927. The SMILES string of the molecule is NNc1cc(C(F)F)nc2c(Cl)cccc12. The number of pyridine rings is 1. The lowest BCUT2D eigenvalue weighted by Crippen LogP contribution is -2.08. The fourth-order valence-electron chi connectivity index (χ4n) is 1.46. The summed E-state index contributed by atoms with van der Waals surface area (Å²) in [7, 11) is 0. The molecule has 0 aliphatic rings. The van der Waals surface area contributed by atoms with Crippen LogP contribution in [0.1, 0.15) is 12.1 Å². The Bertz CT molecular complexity index is 531. The quantitative estimate of drug-likeness (QED) is 0.629. The molecule has 16 heavy (non-hydrogen) atoms. The summed E-state index contributed by atoms with van der Waals surface area (Å²) in [6.07, 6.45) is -2.66. The number of alkyl halides is 2. The Morgan fingerprint density at radius 3 is 2.75 bits per heavy atom. The number of rotatable bonds is 2. The molecule has 2 aromatic rings. The van der Waals surface area contributed by atoms with Crippen LogP contribution in [-0.2, 0) is 0 Å². The highest BCUT2D eigenvalue weighted by molar-refractivity contribution is 6.35. The predicted molar refractivity (Wildman–Crippen MR) is 59.5 cm³/mol. The Kier molecular flexibility index (Phi) is 2.89. The number of nitrogen functional groups attached to an aromatic ring is 1. The average Bonchev–Trinajstić information content (AvgIpc) is 2.28. The molecule has 0 bridgehead atoms. The van der Waals surface area contributed by atoms with Crippen LogP contribution in [0, 0.1) is 0 Å². The van der Waals surface area contributed by atoms with E-state index in [4.69, 9.17) is 17.4 Å². The topological polar surface area (TPSA) is 50.9 Å². The summed E-state index contributed by atoms with van der Waals surface area (Å²) >= 11 is 5.89. The number of nitrogens with zero attached hydrogens (tertiary/aromatic N) is 1. The maximum absolute atomic E-state index is 12.6. The summed E-state index contributed by atoms with van der Waals surface area (Å²) in [5.74, 6) is 5.27. The first kappa shape index (κ1) is 11.0. The van der Waals surface area contributed by atoms with Crippen molar-refractivity contribution in [2.24, 2.45) is 5.84 Å². The van der Waals surface area contributed by atoms with Crippen molar-refractivity contribution >= 4 is 28.2 Å². The van der Waals surface area contributed by atoms with E-state index in [0.29, 0.717) is 21.6 Å². The van der Waals surface area contributed by atoms with E-state index in [-0.39, 0.29) is 5.69 Å². The lowest BCUT2D eigenvalue weighted by atomic mass is 10.1. The minimum absolute atomic E-state index is 0.315. The molecule has 0 aliphatic heterocycles. The molecule has 0 saturated heterocycles. The predicted octanol–water partition coefficient (Wildman–Crippen LogP) is 3.11. The molecule has 0 amide bonds. The van der Waals surface area contributed by atoms with E-state index in [2.05, 4.69) is 10.4 Å². The molecule has 3 nitrogen and oxygen atoms in total. The van der Waals surface area contributed by atoms with Crippen LogP contribution in [0.3, 0.4) is 0 Å². The average molecular weight is 244 g/mol. The molecule has 0 spiro atoms. The normalized spacial score (nSPS) is 11.1. The largest absolute Gasteiger partial charge is 0.323 e. The molecule has 84 valence electrons. The summed E-state index contributed by atoms with van der Waals surface area (Å²) in [6.45, 7) is 0. The lowest BCUT2D eigenvalue weighted by molar-refractivity contribution is 0.146. The van der Waals surface area contributed by atoms with Gasteiger partial charge in [0, 0.05) is 5.39 Å². The number of hydrogen-bond donors (Lipinski definition) is 2. The monoisotopic (exact) mass is 243 g/mol. The third kappa shape index (κ3) is 1.79. The molecule has 0 unspecified atom stereocenters. The molecular formula is C10H8ClF2N3. The van der Waals surface area contributed by atoms with Crippen molar-refractivity contribution in [1.82, 2.24) is 4.98 Å². The molecule has 0 fully saturated rings. The fourth-order valence-corrected chi connectivity index (χ4v) is 1.68. The van der Waals surface area contributed by atoms with Crippen LogP contribution in [0.25, 0.3) is 10.9 Å². The van der Waals surface area contributed by atoms with Crippen LogP contribution in [0.5, 0.6) is 0 Å². The minimum Gasteiger partial charge on any atom is -0.323 e. The minimum atomic E-state index is -2.66. The van der Waals surface area contributed by atoms with E-state index in [1.807, 2.05) is 0 Å². The summed E-state index contributed by atoms with van der Waals surface area (Å²) in [5.41, 5.74) is 2.70. The van der Waals surface area contributed by atoms with Gasteiger partial charge in [-0.15, -0.1) is 0 Å². The van der Waals surface area contributed by atoms with E-state index in [1.165, 1.54) is 6.07 Å². The number of nitrogens with one attached hydrogen (secondary N) is 1. The van der Waals surface area contributed by atoms with Gasteiger partial charge in [-0.2, -0.15) is 0 Å². The smallest absolute Gasteiger partial charge is 0.280 e. The van der Waals surface area contributed by atoms with Gasteiger partial charge in [0.05, 0.1) is 16.2 Å². The van der Waals surface area contributed by atoms with Gasteiger partial charge in [0.2, 0.25) is 0 Å². The highest BCUT2D eigenvalue weighted by Crippen LogP contribution is 2.30. The van der Waals surface area contributed by atoms with E-state index in [9.17, 15) is 8.78 Å². The number of hydrazine groups is 1. The number of para-hydroxylation sites is 1. The van der Waals surface area contributed by atoms with E-state index < -0.39 is 6.43 Å². The maximum Gasteiger partial charge on any atom is 0.280 e. The standard InChI is InChI=1S/C10H8ClF2N3/c11-6-3-1-2-5-7(16-14)4-8(10(12)13)15-9(5)6/h1-4,10H,14H2,(H,15,16). The first-order valence-electron chi connectivity index (χ1n) is 4.47. The molecule has 0 radical (unpaired) electrons. The molecule has 0 saturated carbocycles. The summed E-state index contributed by atoms with van der Waals surface area (Å²) in [6, 6.07) is 6.21. The highest BCUT2D eigenvalue weighted by Gasteiger charge is 2.14. The van der Waals surface area contributed by atoms with Crippen molar-refractivity contribution in [3.8, 4) is 0 Å². The molecule has 0 atom stereocenters. The molecule has 3 N–H and O–H groups in total. The van der Waals surface area contributed by atoms with Gasteiger partial charge < -0.3 is 5.43 Å². The van der Waals surface area contributed by atoms with Gasteiger partial charge in [-0.05, 0) is 12.1 Å². The van der Waals surface area contributed by atoms with Gasteiger partial charge in [0.1, 0.15) is 5.69 Å². The van der Waals surface area contributed by atoms with Crippen molar-refractivity contribution in [3.05, 3.63) is 35.0 Å². The first-order chi connectivity index (χ1) is 7.63.